The van der Waals surface area contributed by atoms with Crippen LogP contribution in [0, 0.1) is 18.3 Å². The first-order chi connectivity index (χ1) is 10.6. The molecule has 0 atom stereocenters. The molecule has 0 unspecified atom stereocenters. The summed E-state index contributed by atoms with van der Waals surface area (Å²) in [5.74, 6) is 0. The average molecular weight is 329 g/mol. The number of nitrogens with one attached hydrogen (secondary N) is 2. The molecule has 2 N–H and O–H groups in total. The number of halogens is 1. The quantitative estimate of drug-likeness (QED) is 0.510. The van der Waals surface area contributed by atoms with E-state index in [1.807, 2.05) is 25.1 Å². The van der Waals surface area contributed by atoms with Gasteiger partial charge >= 0.3 is 0 Å². The van der Waals surface area contributed by atoms with E-state index in [4.69, 9.17) is 29.1 Å². The first kappa shape index (κ1) is 16.0. The van der Waals surface area contributed by atoms with Crippen molar-refractivity contribution < 1.29 is 0 Å². The maximum atomic E-state index is 8.73. The molecule has 0 fully saturated rings. The van der Waals surface area contributed by atoms with E-state index in [0.717, 1.165) is 16.8 Å². The monoisotopic (exact) mass is 328 g/mol. The molecule has 0 saturated heterocycles. The van der Waals surface area contributed by atoms with E-state index in [-0.39, 0.29) is 0 Å². The Morgan fingerprint density at radius 3 is 2.68 bits per heavy atom. The molecule has 4 nitrogen and oxygen atoms in total. The van der Waals surface area contributed by atoms with Gasteiger partial charge in [0.25, 0.3) is 0 Å². The molecule has 0 heterocycles. The molecule has 0 radical (unpaired) electrons. The minimum atomic E-state index is 0.371. The Hall–Kier alpha value is -2.42. The predicted octanol–water partition coefficient (Wildman–Crippen LogP) is 3.84. The lowest BCUT2D eigenvalue weighted by atomic mass is 10.2. The van der Waals surface area contributed by atoms with E-state index in [9.17, 15) is 0 Å². The fourth-order valence-corrected chi connectivity index (χ4v) is 2.04. The van der Waals surface area contributed by atoms with Crippen LogP contribution in [0.15, 0.2) is 47.6 Å². The maximum Gasteiger partial charge on any atom is 0.191 e. The van der Waals surface area contributed by atoms with Gasteiger partial charge in [-0.2, -0.15) is 10.4 Å². The highest BCUT2D eigenvalue weighted by molar-refractivity contribution is 7.80. The molecule has 2 aromatic carbocycles. The van der Waals surface area contributed by atoms with Crippen LogP contribution in [0.1, 0.15) is 16.7 Å². The van der Waals surface area contributed by atoms with Crippen LogP contribution in [0.4, 0.5) is 5.69 Å². The molecular weight excluding hydrogens is 316 g/mol. The van der Waals surface area contributed by atoms with Gasteiger partial charge in [0.2, 0.25) is 0 Å². The minimum absolute atomic E-state index is 0.371. The third kappa shape index (κ3) is 4.29. The highest BCUT2D eigenvalue weighted by atomic mass is 35.5. The Morgan fingerprint density at radius 2 is 2.00 bits per heavy atom. The lowest BCUT2D eigenvalue weighted by molar-refractivity contribution is 1.05. The first-order valence-electron chi connectivity index (χ1n) is 6.45. The minimum Gasteiger partial charge on any atom is -0.331 e. The van der Waals surface area contributed by atoms with E-state index in [2.05, 4.69) is 21.9 Å². The Bertz CT molecular complexity index is 748. The molecule has 0 amide bonds. The molecule has 0 aromatic heterocycles. The first-order valence-corrected chi connectivity index (χ1v) is 7.24. The summed E-state index contributed by atoms with van der Waals surface area (Å²) in [5.41, 5.74) is 5.97. The Kier molecular flexibility index (Phi) is 5.48. The Labute approximate surface area is 139 Å². The Balaban J connectivity index is 1.93. The molecule has 2 aromatic rings. The summed E-state index contributed by atoms with van der Waals surface area (Å²) >= 11 is 11.2. The van der Waals surface area contributed by atoms with Crippen LogP contribution in [-0.2, 0) is 0 Å². The lowest BCUT2D eigenvalue weighted by Gasteiger charge is -2.10. The molecule has 0 aliphatic carbocycles. The number of nitrogens with zero attached hydrogens (tertiary/aromatic N) is 2. The zero-order chi connectivity index (χ0) is 15.9. The third-order valence-corrected chi connectivity index (χ3v) is 3.54. The van der Waals surface area contributed by atoms with Crippen molar-refractivity contribution in [2.75, 3.05) is 5.32 Å². The predicted molar refractivity (Wildman–Crippen MR) is 94.3 cm³/mol. The van der Waals surface area contributed by atoms with Crippen molar-refractivity contribution in [2.45, 2.75) is 6.92 Å². The summed E-state index contributed by atoms with van der Waals surface area (Å²) in [4.78, 5) is 0. The number of hydrazone groups is 1. The van der Waals surface area contributed by atoms with Crippen molar-refractivity contribution in [3.8, 4) is 6.07 Å². The second-order valence-electron chi connectivity index (χ2n) is 4.47. The van der Waals surface area contributed by atoms with Crippen molar-refractivity contribution in [1.82, 2.24) is 5.43 Å². The summed E-state index contributed by atoms with van der Waals surface area (Å²) in [6.45, 7) is 1.91. The van der Waals surface area contributed by atoms with E-state index in [0.29, 0.717) is 15.7 Å². The van der Waals surface area contributed by atoms with Crippen LogP contribution >= 0.6 is 23.8 Å². The number of hydrogen-bond acceptors (Lipinski definition) is 3. The van der Waals surface area contributed by atoms with Gasteiger partial charge in [-0.3, -0.25) is 5.43 Å². The molecule has 0 aliphatic rings. The molecule has 0 saturated carbocycles. The smallest absolute Gasteiger partial charge is 0.191 e. The van der Waals surface area contributed by atoms with Gasteiger partial charge in [0.15, 0.2) is 5.11 Å². The number of thiocarbonyl (C=S) groups is 1. The van der Waals surface area contributed by atoms with Crippen molar-refractivity contribution in [1.29, 1.82) is 5.26 Å². The van der Waals surface area contributed by atoms with Gasteiger partial charge in [-0.25, -0.2) is 0 Å². The summed E-state index contributed by atoms with van der Waals surface area (Å²) in [6.07, 6.45) is 1.62. The number of hydrogen-bond donors (Lipinski definition) is 2. The maximum absolute atomic E-state index is 8.73. The van der Waals surface area contributed by atoms with E-state index in [1.165, 1.54) is 0 Å². The summed E-state index contributed by atoms with van der Waals surface area (Å²) in [6, 6.07) is 14.7. The molecular formula is C16H13ClN4S. The molecule has 0 spiro atoms. The van der Waals surface area contributed by atoms with Crippen LogP contribution in [0.3, 0.4) is 0 Å². The number of anilines is 1. The van der Waals surface area contributed by atoms with Gasteiger partial charge in [-0.05, 0) is 54.5 Å². The topological polar surface area (TPSA) is 60.2 Å². The van der Waals surface area contributed by atoms with Crippen LogP contribution in [0.2, 0.25) is 5.02 Å². The van der Waals surface area contributed by atoms with Crippen molar-refractivity contribution in [3.05, 3.63) is 64.2 Å². The summed E-state index contributed by atoms with van der Waals surface area (Å²) < 4.78 is 0. The van der Waals surface area contributed by atoms with Crippen LogP contribution in [-0.4, -0.2) is 11.3 Å². The molecule has 110 valence electrons. The SMILES string of the molecule is Cc1c(Cl)cccc1NC(=S)N/N=C/c1ccc(C#N)cc1. The van der Waals surface area contributed by atoms with E-state index in [1.54, 1.807) is 30.5 Å². The normalized spacial score (nSPS) is 10.2. The second kappa shape index (κ2) is 7.55. The third-order valence-electron chi connectivity index (χ3n) is 2.94. The number of rotatable bonds is 3. The largest absolute Gasteiger partial charge is 0.331 e. The fourth-order valence-electron chi connectivity index (χ4n) is 1.70. The zero-order valence-electron chi connectivity index (χ0n) is 11.8. The van der Waals surface area contributed by atoms with Crippen molar-refractivity contribution in [3.63, 3.8) is 0 Å². The second-order valence-corrected chi connectivity index (χ2v) is 5.29. The molecule has 0 bridgehead atoms. The Morgan fingerprint density at radius 1 is 1.27 bits per heavy atom. The highest BCUT2D eigenvalue weighted by Gasteiger charge is 2.03. The lowest BCUT2D eigenvalue weighted by Crippen LogP contribution is -2.24. The van der Waals surface area contributed by atoms with Crippen LogP contribution in [0.25, 0.3) is 0 Å². The van der Waals surface area contributed by atoms with Gasteiger partial charge in [-0.1, -0.05) is 29.8 Å². The van der Waals surface area contributed by atoms with Crippen molar-refractivity contribution >= 4 is 40.8 Å². The van der Waals surface area contributed by atoms with Gasteiger partial charge < -0.3 is 5.32 Å². The van der Waals surface area contributed by atoms with Crippen molar-refractivity contribution in [2.24, 2.45) is 5.10 Å². The van der Waals surface area contributed by atoms with Crippen LogP contribution in [0.5, 0.6) is 0 Å². The molecule has 0 aliphatic heterocycles. The highest BCUT2D eigenvalue weighted by Crippen LogP contribution is 2.22. The standard InChI is InChI=1S/C16H13ClN4S/c1-11-14(17)3-2-4-15(11)20-16(22)21-19-10-13-7-5-12(9-18)6-8-13/h2-8,10H,1H3,(H2,20,21,22)/b19-10+. The molecule has 22 heavy (non-hydrogen) atoms. The van der Waals surface area contributed by atoms with Gasteiger partial charge in [0, 0.05) is 10.7 Å². The summed E-state index contributed by atoms with van der Waals surface area (Å²) in [5, 5.41) is 16.9. The van der Waals surface area contributed by atoms with Gasteiger partial charge in [-0.15, -0.1) is 0 Å². The molecule has 2 rings (SSSR count). The van der Waals surface area contributed by atoms with E-state index >= 15 is 0 Å². The number of nitriles is 1. The zero-order valence-corrected chi connectivity index (χ0v) is 13.4. The van der Waals surface area contributed by atoms with Gasteiger partial charge in [0.1, 0.15) is 0 Å². The number of benzene rings is 2. The molecule has 6 heteroatoms. The fraction of sp³-hybridized carbons (Fsp3) is 0.0625. The van der Waals surface area contributed by atoms with E-state index < -0.39 is 0 Å². The van der Waals surface area contributed by atoms with Crippen LogP contribution < -0.4 is 10.7 Å². The summed E-state index contributed by atoms with van der Waals surface area (Å²) in [7, 11) is 0. The average Bonchev–Trinajstić information content (AvgIpc) is 2.52. The van der Waals surface area contributed by atoms with Gasteiger partial charge in [0.05, 0.1) is 17.8 Å².